The average molecular weight is 500 g/mol. The van der Waals surface area contributed by atoms with Crippen molar-refractivity contribution in [3.05, 3.63) is 60.6 Å². The Balaban J connectivity index is 1.33. The van der Waals surface area contributed by atoms with E-state index in [-0.39, 0.29) is 12.4 Å². The highest BCUT2D eigenvalue weighted by molar-refractivity contribution is 7.89. The highest BCUT2D eigenvalue weighted by Crippen LogP contribution is 2.26. The van der Waals surface area contributed by atoms with Gasteiger partial charge in [-0.05, 0) is 68.1 Å². The minimum absolute atomic E-state index is 0.0761. The largest absolute Gasteiger partial charge is 0.497 e. The standard InChI is InChI=1S/C24H29N5O5S/c1-4-29-23(26-27-24(29)34-21-7-6-18-12-13-25-22(18)16-21)17(2)28-35(30,31)15-5-14-33-20-10-8-19(32-3)9-11-20/h6-13,16-17,25,28H,4-5,14-15H2,1-3H3/t17-/m1/s1. The molecule has 0 aliphatic heterocycles. The lowest BCUT2D eigenvalue weighted by molar-refractivity contribution is 0.316. The number of rotatable bonds is 12. The molecule has 0 radical (unpaired) electrons. The van der Waals surface area contributed by atoms with Crippen molar-refractivity contribution in [3.8, 4) is 23.3 Å². The van der Waals surface area contributed by atoms with Crippen molar-refractivity contribution in [2.75, 3.05) is 19.5 Å². The van der Waals surface area contributed by atoms with E-state index < -0.39 is 16.1 Å². The maximum Gasteiger partial charge on any atom is 0.322 e. The van der Waals surface area contributed by atoms with Crippen molar-refractivity contribution in [1.29, 1.82) is 0 Å². The number of methoxy groups -OCH3 is 1. The fraction of sp³-hybridized carbons (Fsp3) is 0.333. The summed E-state index contributed by atoms with van der Waals surface area (Å²) in [5.41, 5.74) is 0.947. The van der Waals surface area contributed by atoms with Crippen LogP contribution >= 0.6 is 0 Å². The molecule has 0 saturated carbocycles. The molecular weight excluding hydrogens is 470 g/mol. The van der Waals surface area contributed by atoms with Gasteiger partial charge in [0.05, 0.1) is 25.5 Å². The van der Waals surface area contributed by atoms with E-state index in [1.54, 1.807) is 42.9 Å². The van der Waals surface area contributed by atoms with Crippen molar-refractivity contribution >= 4 is 20.9 Å². The summed E-state index contributed by atoms with van der Waals surface area (Å²) < 4.78 is 46.4. The van der Waals surface area contributed by atoms with Crippen molar-refractivity contribution in [2.45, 2.75) is 32.9 Å². The molecule has 4 rings (SSSR count). The lowest BCUT2D eigenvalue weighted by Gasteiger charge is -2.15. The first-order chi connectivity index (χ1) is 16.9. The van der Waals surface area contributed by atoms with Gasteiger partial charge in [-0.2, -0.15) is 0 Å². The first-order valence-corrected chi connectivity index (χ1v) is 13.0. The van der Waals surface area contributed by atoms with Crippen LogP contribution in [0.3, 0.4) is 0 Å². The molecule has 2 aromatic carbocycles. The van der Waals surface area contributed by atoms with Gasteiger partial charge in [0.15, 0.2) is 5.82 Å². The Morgan fingerprint density at radius 1 is 1.06 bits per heavy atom. The maximum atomic E-state index is 12.6. The van der Waals surface area contributed by atoms with E-state index in [0.717, 1.165) is 16.7 Å². The Hall–Kier alpha value is -3.57. The van der Waals surface area contributed by atoms with Crippen LogP contribution < -0.4 is 18.9 Å². The minimum atomic E-state index is -3.56. The fourth-order valence-corrected chi connectivity index (χ4v) is 4.94. The van der Waals surface area contributed by atoms with Crippen molar-refractivity contribution in [3.63, 3.8) is 0 Å². The monoisotopic (exact) mass is 499 g/mol. The number of nitrogens with one attached hydrogen (secondary N) is 2. The molecule has 2 aromatic heterocycles. The van der Waals surface area contributed by atoms with Gasteiger partial charge in [0.2, 0.25) is 10.0 Å². The molecule has 2 heterocycles. The number of ether oxygens (including phenoxy) is 3. The molecule has 0 aliphatic carbocycles. The summed E-state index contributed by atoms with van der Waals surface area (Å²) in [4.78, 5) is 3.14. The molecule has 0 bridgehead atoms. The predicted octanol–water partition coefficient (Wildman–Crippen LogP) is 4.03. The third kappa shape index (κ3) is 6.11. The topological polar surface area (TPSA) is 120 Å². The predicted molar refractivity (Wildman–Crippen MR) is 133 cm³/mol. The van der Waals surface area contributed by atoms with E-state index in [1.807, 2.05) is 37.4 Å². The van der Waals surface area contributed by atoms with Gasteiger partial charge in [-0.1, -0.05) is 5.10 Å². The van der Waals surface area contributed by atoms with Crippen LogP contribution in [0.25, 0.3) is 10.9 Å². The van der Waals surface area contributed by atoms with E-state index >= 15 is 0 Å². The maximum absolute atomic E-state index is 12.6. The highest BCUT2D eigenvalue weighted by atomic mass is 32.2. The fourth-order valence-electron chi connectivity index (χ4n) is 3.68. The van der Waals surface area contributed by atoms with Crippen LogP contribution in [0.15, 0.2) is 54.7 Å². The Kier molecular flexibility index (Phi) is 7.57. The Morgan fingerprint density at radius 2 is 1.80 bits per heavy atom. The van der Waals surface area contributed by atoms with Gasteiger partial charge < -0.3 is 19.2 Å². The molecule has 4 aromatic rings. The zero-order valence-corrected chi connectivity index (χ0v) is 20.7. The molecule has 11 heteroatoms. The third-order valence-corrected chi connectivity index (χ3v) is 6.97. The van der Waals surface area contributed by atoms with E-state index in [9.17, 15) is 8.42 Å². The Morgan fingerprint density at radius 3 is 2.54 bits per heavy atom. The van der Waals surface area contributed by atoms with Gasteiger partial charge >= 0.3 is 6.01 Å². The van der Waals surface area contributed by atoms with Crippen LogP contribution in [-0.2, 0) is 16.6 Å². The quantitative estimate of drug-likeness (QED) is 0.282. The molecule has 10 nitrogen and oxygen atoms in total. The number of hydrogen-bond donors (Lipinski definition) is 2. The number of benzene rings is 2. The van der Waals surface area contributed by atoms with E-state index in [1.165, 1.54) is 0 Å². The number of fused-ring (bicyclic) bond motifs is 1. The molecule has 0 unspecified atom stereocenters. The summed E-state index contributed by atoms with van der Waals surface area (Å²) in [6, 6.07) is 14.5. The molecule has 0 saturated heterocycles. The lowest BCUT2D eigenvalue weighted by atomic mass is 10.2. The summed E-state index contributed by atoms with van der Waals surface area (Å²) >= 11 is 0. The summed E-state index contributed by atoms with van der Waals surface area (Å²) in [7, 11) is -1.97. The number of aromatic amines is 1. The second-order valence-corrected chi connectivity index (χ2v) is 9.82. The molecule has 186 valence electrons. The molecule has 35 heavy (non-hydrogen) atoms. The van der Waals surface area contributed by atoms with E-state index in [4.69, 9.17) is 14.2 Å². The normalized spacial score (nSPS) is 12.5. The van der Waals surface area contributed by atoms with E-state index in [0.29, 0.717) is 36.3 Å². The second kappa shape index (κ2) is 10.8. The van der Waals surface area contributed by atoms with Crippen LogP contribution in [0.2, 0.25) is 0 Å². The van der Waals surface area contributed by atoms with Crippen LogP contribution in [0.5, 0.6) is 23.3 Å². The van der Waals surface area contributed by atoms with Gasteiger partial charge in [-0.15, -0.1) is 5.10 Å². The van der Waals surface area contributed by atoms with Gasteiger partial charge in [-0.3, -0.25) is 4.57 Å². The van der Waals surface area contributed by atoms with E-state index in [2.05, 4.69) is 19.9 Å². The molecule has 1 atom stereocenters. The number of hydrogen-bond acceptors (Lipinski definition) is 7. The van der Waals surface area contributed by atoms with Crippen molar-refractivity contribution < 1.29 is 22.6 Å². The van der Waals surface area contributed by atoms with Gasteiger partial charge in [0.25, 0.3) is 0 Å². The number of nitrogens with zero attached hydrogens (tertiary/aromatic N) is 3. The molecule has 0 aliphatic rings. The van der Waals surface area contributed by atoms with Gasteiger partial charge in [0.1, 0.15) is 17.2 Å². The molecule has 0 fully saturated rings. The minimum Gasteiger partial charge on any atom is -0.497 e. The van der Waals surface area contributed by atoms with Crippen LogP contribution in [-0.4, -0.2) is 47.6 Å². The molecule has 2 N–H and O–H groups in total. The zero-order chi connectivity index (χ0) is 24.8. The lowest BCUT2D eigenvalue weighted by Crippen LogP contribution is -2.31. The zero-order valence-electron chi connectivity index (χ0n) is 19.9. The Labute approximate surface area is 204 Å². The smallest absolute Gasteiger partial charge is 0.322 e. The summed E-state index contributed by atoms with van der Waals surface area (Å²) in [6.45, 7) is 4.45. The van der Waals surface area contributed by atoms with Crippen molar-refractivity contribution in [1.82, 2.24) is 24.5 Å². The van der Waals surface area contributed by atoms with Crippen LogP contribution in [0, 0.1) is 0 Å². The average Bonchev–Trinajstić information content (AvgIpc) is 3.48. The van der Waals surface area contributed by atoms with Crippen LogP contribution in [0.4, 0.5) is 0 Å². The number of sulfonamides is 1. The summed E-state index contributed by atoms with van der Waals surface area (Å²) in [5, 5.41) is 9.40. The SMILES string of the molecule is CCn1c(Oc2ccc3cc[nH]c3c2)nnc1[C@@H](C)NS(=O)(=O)CCCOc1ccc(OC)cc1. The third-order valence-electron chi connectivity index (χ3n) is 5.43. The Bertz CT molecular complexity index is 1360. The number of aromatic nitrogens is 4. The van der Waals surface area contributed by atoms with Crippen LogP contribution in [0.1, 0.15) is 32.1 Å². The van der Waals surface area contributed by atoms with Crippen molar-refractivity contribution in [2.24, 2.45) is 0 Å². The summed E-state index contributed by atoms with van der Waals surface area (Å²) in [5.74, 6) is 2.39. The van der Waals surface area contributed by atoms with Gasteiger partial charge in [0, 0.05) is 24.3 Å². The molecular formula is C24H29N5O5S. The first-order valence-electron chi connectivity index (χ1n) is 11.3. The highest BCUT2D eigenvalue weighted by Gasteiger charge is 2.23. The molecule has 0 spiro atoms. The van der Waals surface area contributed by atoms with Gasteiger partial charge in [-0.25, -0.2) is 13.1 Å². The second-order valence-electron chi connectivity index (χ2n) is 7.95. The number of H-pyrrole nitrogens is 1. The summed E-state index contributed by atoms with van der Waals surface area (Å²) in [6.07, 6.45) is 2.20. The molecule has 0 amide bonds. The first kappa shape index (κ1) is 24.6.